The molecule has 9 heteroatoms. The Hall–Kier alpha value is -2.32. The Balaban J connectivity index is 3.05. The average Bonchev–Trinajstić information content (AvgIpc) is 2.85. The Kier molecular flexibility index (Phi) is 5.51. The van der Waals surface area contributed by atoms with Crippen LogP contribution in [-0.4, -0.2) is 48.6 Å². The van der Waals surface area contributed by atoms with Crippen LogP contribution >= 0.6 is 0 Å². The number of halogens is 3. The summed E-state index contributed by atoms with van der Waals surface area (Å²) in [4.78, 5) is 19.5. The van der Waals surface area contributed by atoms with Gasteiger partial charge in [0.05, 0.1) is 18.6 Å². The van der Waals surface area contributed by atoms with Gasteiger partial charge in [0.2, 0.25) is 0 Å². The molecule has 0 saturated heterocycles. The molecule has 116 valence electrons. The van der Waals surface area contributed by atoms with Crippen LogP contribution in [0.5, 0.6) is 0 Å². The SMILES string of the molecule is C=C(c1ocnc1C(=O)OCC)N(C=NC)CC(F)(F)F. The molecule has 1 rings (SSSR count). The van der Waals surface area contributed by atoms with E-state index in [1.54, 1.807) is 6.92 Å². The highest BCUT2D eigenvalue weighted by atomic mass is 19.4. The van der Waals surface area contributed by atoms with Crippen molar-refractivity contribution in [2.75, 3.05) is 20.2 Å². The molecule has 0 bridgehead atoms. The molecule has 1 heterocycles. The van der Waals surface area contributed by atoms with Gasteiger partial charge in [-0.3, -0.25) is 4.99 Å². The van der Waals surface area contributed by atoms with E-state index in [4.69, 9.17) is 9.15 Å². The van der Waals surface area contributed by atoms with E-state index in [1.807, 2.05) is 0 Å². The van der Waals surface area contributed by atoms with Crippen molar-refractivity contribution in [1.29, 1.82) is 0 Å². The third kappa shape index (κ3) is 4.62. The largest absolute Gasteiger partial charge is 0.461 e. The molecule has 0 aliphatic carbocycles. The smallest absolute Gasteiger partial charge is 0.406 e. The molecule has 21 heavy (non-hydrogen) atoms. The Labute approximate surface area is 118 Å². The van der Waals surface area contributed by atoms with E-state index >= 15 is 0 Å². The number of alkyl halides is 3. The number of hydrogen-bond acceptors (Lipinski definition) is 5. The van der Waals surface area contributed by atoms with Gasteiger partial charge in [-0.2, -0.15) is 13.2 Å². The van der Waals surface area contributed by atoms with E-state index in [0.717, 1.165) is 12.7 Å². The second-order valence-corrected chi connectivity index (χ2v) is 3.81. The molecule has 0 N–H and O–H groups in total. The molecule has 0 radical (unpaired) electrons. The number of aliphatic imine (C=N–C) groups is 1. The van der Waals surface area contributed by atoms with E-state index in [0.29, 0.717) is 4.90 Å². The molecular formula is C12H14F3N3O3. The van der Waals surface area contributed by atoms with Crippen molar-refractivity contribution in [1.82, 2.24) is 9.88 Å². The number of nitrogens with zero attached hydrogens (tertiary/aromatic N) is 3. The second kappa shape index (κ2) is 6.91. The number of hydrogen-bond donors (Lipinski definition) is 0. The van der Waals surface area contributed by atoms with Crippen molar-refractivity contribution in [3.63, 3.8) is 0 Å². The third-order valence-corrected chi connectivity index (χ3v) is 2.25. The molecule has 1 aromatic heterocycles. The first-order chi connectivity index (χ1) is 9.80. The minimum Gasteiger partial charge on any atom is -0.461 e. The molecule has 0 fully saturated rings. The summed E-state index contributed by atoms with van der Waals surface area (Å²) in [6, 6.07) is 0. The predicted molar refractivity (Wildman–Crippen MR) is 68.7 cm³/mol. The summed E-state index contributed by atoms with van der Waals surface area (Å²) in [6.07, 6.45) is -2.61. The van der Waals surface area contributed by atoms with Crippen LogP contribution in [0.2, 0.25) is 0 Å². The average molecular weight is 305 g/mol. The number of aromatic nitrogens is 1. The van der Waals surface area contributed by atoms with Gasteiger partial charge in [0.25, 0.3) is 0 Å². The van der Waals surface area contributed by atoms with Crippen LogP contribution in [0, 0.1) is 0 Å². The molecule has 6 nitrogen and oxygen atoms in total. The number of carbonyl (C=O) groups excluding carboxylic acids is 1. The maximum atomic E-state index is 12.5. The molecule has 1 aromatic rings. The number of ether oxygens (including phenoxy) is 1. The van der Waals surface area contributed by atoms with E-state index < -0.39 is 18.7 Å². The summed E-state index contributed by atoms with van der Waals surface area (Å²) in [5.41, 5.74) is -0.433. The van der Waals surface area contributed by atoms with Crippen molar-refractivity contribution in [3.05, 3.63) is 24.4 Å². The molecule has 0 aliphatic rings. The monoisotopic (exact) mass is 305 g/mol. The van der Waals surface area contributed by atoms with Crippen molar-refractivity contribution in [2.45, 2.75) is 13.1 Å². The van der Waals surface area contributed by atoms with E-state index in [1.165, 1.54) is 7.05 Å². The van der Waals surface area contributed by atoms with Crippen LogP contribution in [0.25, 0.3) is 5.70 Å². The van der Waals surface area contributed by atoms with Crippen molar-refractivity contribution >= 4 is 18.0 Å². The zero-order valence-electron chi connectivity index (χ0n) is 11.5. The van der Waals surface area contributed by atoms with Crippen LogP contribution in [0.4, 0.5) is 13.2 Å². The van der Waals surface area contributed by atoms with Crippen LogP contribution in [0.15, 0.2) is 22.4 Å². The third-order valence-electron chi connectivity index (χ3n) is 2.25. The second-order valence-electron chi connectivity index (χ2n) is 3.81. The Morgan fingerprint density at radius 3 is 2.81 bits per heavy atom. The highest BCUT2D eigenvalue weighted by molar-refractivity contribution is 5.92. The van der Waals surface area contributed by atoms with Gasteiger partial charge >= 0.3 is 12.1 Å². The van der Waals surface area contributed by atoms with Crippen LogP contribution in [0.3, 0.4) is 0 Å². The Morgan fingerprint density at radius 1 is 1.62 bits per heavy atom. The van der Waals surface area contributed by atoms with Crippen molar-refractivity contribution in [3.8, 4) is 0 Å². The van der Waals surface area contributed by atoms with Gasteiger partial charge in [0, 0.05) is 7.05 Å². The fourth-order valence-corrected chi connectivity index (χ4v) is 1.46. The van der Waals surface area contributed by atoms with Crippen LogP contribution in [0.1, 0.15) is 23.2 Å². The van der Waals surface area contributed by atoms with Gasteiger partial charge in [-0.25, -0.2) is 9.78 Å². The van der Waals surface area contributed by atoms with Crippen molar-refractivity contribution in [2.24, 2.45) is 4.99 Å². The highest BCUT2D eigenvalue weighted by Crippen LogP contribution is 2.25. The zero-order valence-corrected chi connectivity index (χ0v) is 11.5. The fourth-order valence-electron chi connectivity index (χ4n) is 1.46. The van der Waals surface area contributed by atoms with Crippen LogP contribution < -0.4 is 0 Å². The molecule has 0 spiro atoms. The lowest BCUT2D eigenvalue weighted by Gasteiger charge is -2.21. The lowest BCUT2D eigenvalue weighted by molar-refractivity contribution is -0.132. The van der Waals surface area contributed by atoms with E-state index in [9.17, 15) is 18.0 Å². The fraction of sp³-hybridized carbons (Fsp3) is 0.417. The quantitative estimate of drug-likeness (QED) is 0.458. The molecule has 0 saturated carbocycles. The number of carbonyl (C=O) groups is 1. The van der Waals surface area contributed by atoms with Gasteiger partial charge in [-0.1, -0.05) is 6.58 Å². The first-order valence-corrected chi connectivity index (χ1v) is 5.85. The Bertz CT molecular complexity index is 537. The lowest BCUT2D eigenvalue weighted by Crippen LogP contribution is -2.32. The summed E-state index contributed by atoms with van der Waals surface area (Å²) in [7, 11) is 1.31. The molecule has 0 unspecified atom stereocenters. The van der Waals surface area contributed by atoms with Crippen molar-refractivity contribution < 1.29 is 27.1 Å². The topological polar surface area (TPSA) is 67.9 Å². The van der Waals surface area contributed by atoms with Gasteiger partial charge < -0.3 is 14.1 Å². The Morgan fingerprint density at radius 2 is 2.29 bits per heavy atom. The minimum absolute atomic E-state index is 0.0975. The normalized spacial score (nSPS) is 11.7. The summed E-state index contributed by atoms with van der Waals surface area (Å²) in [5.74, 6) is -1.000. The summed E-state index contributed by atoms with van der Waals surface area (Å²) < 4.78 is 47.3. The number of oxazole rings is 1. The number of rotatable bonds is 6. The van der Waals surface area contributed by atoms with Gasteiger partial charge in [0.15, 0.2) is 17.8 Å². The van der Waals surface area contributed by atoms with E-state index in [-0.39, 0.29) is 23.8 Å². The van der Waals surface area contributed by atoms with Crippen LogP contribution in [-0.2, 0) is 4.74 Å². The molecular weight excluding hydrogens is 291 g/mol. The molecule has 0 amide bonds. The maximum Gasteiger partial charge on any atom is 0.406 e. The van der Waals surface area contributed by atoms with Gasteiger partial charge in [-0.05, 0) is 6.92 Å². The standard InChI is InChI=1S/C12H14F3N3O3/c1-4-20-11(19)9-10(21-7-17-9)8(2)18(6-16-3)5-12(13,14)15/h6-7H,2,4-5H2,1,3H3. The van der Waals surface area contributed by atoms with E-state index in [2.05, 4.69) is 16.6 Å². The maximum absolute atomic E-state index is 12.5. The summed E-state index contributed by atoms with van der Waals surface area (Å²) in [6.45, 7) is 3.86. The molecule has 0 aromatic carbocycles. The summed E-state index contributed by atoms with van der Waals surface area (Å²) >= 11 is 0. The number of esters is 1. The minimum atomic E-state index is -4.48. The molecule has 0 aliphatic heterocycles. The zero-order chi connectivity index (χ0) is 16.0. The summed E-state index contributed by atoms with van der Waals surface area (Å²) in [5, 5.41) is 0. The predicted octanol–water partition coefficient (Wildman–Crippen LogP) is 2.34. The first-order valence-electron chi connectivity index (χ1n) is 5.85. The molecule has 0 atom stereocenters. The highest BCUT2D eigenvalue weighted by Gasteiger charge is 2.33. The van der Waals surface area contributed by atoms with Gasteiger partial charge in [-0.15, -0.1) is 0 Å². The first kappa shape index (κ1) is 16.7. The lowest BCUT2D eigenvalue weighted by atomic mass is 10.2. The van der Waals surface area contributed by atoms with Gasteiger partial charge in [0.1, 0.15) is 6.54 Å².